The fourth-order valence-electron chi connectivity index (χ4n) is 3.55. The molecular weight excluding hydrogens is 360 g/mol. The lowest BCUT2D eigenvalue weighted by atomic mass is 10.0. The third kappa shape index (κ3) is 4.65. The molecule has 6 nitrogen and oxygen atoms in total. The van der Waals surface area contributed by atoms with Crippen molar-refractivity contribution < 1.29 is 8.42 Å². The van der Waals surface area contributed by atoms with Gasteiger partial charge in [0.1, 0.15) is 11.6 Å². The largest absolute Gasteiger partial charge is 0.355 e. The zero-order chi connectivity index (χ0) is 19.4. The number of sulfonamides is 1. The van der Waals surface area contributed by atoms with Crippen molar-refractivity contribution in [1.82, 2.24) is 14.3 Å². The van der Waals surface area contributed by atoms with Crippen LogP contribution in [0.3, 0.4) is 0 Å². The summed E-state index contributed by atoms with van der Waals surface area (Å²) in [4.78, 5) is 11.5. The summed E-state index contributed by atoms with van der Waals surface area (Å²) >= 11 is 0. The molecule has 0 saturated carbocycles. The van der Waals surface area contributed by atoms with Crippen LogP contribution in [0.4, 0.5) is 5.82 Å². The van der Waals surface area contributed by atoms with Crippen molar-refractivity contribution in [3.8, 4) is 0 Å². The van der Waals surface area contributed by atoms with Gasteiger partial charge in [-0.05, 0) is 32.8 Å². The molecule has 0 aliphatic carbocycles. The summed E-state index contributed by atoms with van der Waals surface area (Å²) in [5.74, 6) is 1.85. The van der Waals surface area contributed by atoms with E-state index in [1.165, 1.54) is 5.56 Å². The Labute approximate surface area is 162 Å². The predicted octanol–water partition coefficient (Wildman–Crippen LogP) is 2.55. The second-order valence-corrected chi connectivity index (χ2v) is 9.22. The Hall–Kier alpha value is -1.99. The van der Waals surface area contributed by atoms with Gasteiger partial charge in [0, 0.05) is 43.9 Å². The van der Waals surface area contributed by atoms with E-state index in [1.807, 2.05) is 32.0 Å². The average Bonchev–Trinajstić information content (AvgIpc) is 2.91. The highest BCUT2D eigenvalue weighted by atomic mass is 32.2. The van der Waals surface area contributed by atoms with Crippen molar-refractivity contribution in [2.45, 2.75) is 33.6 Å². The van der Waals surface area contributed by atoms with Gasteiger partial charge in [0.25, 0.3) is 0 Å². The monoisotopic (exact) mass is 388 g/mol. The Morgan fingerprint density at radius 2 is 1.74 bits per heavy atom. The molecule has 3 rings (SSSR count). The fourth-order valence-corrected chi connectivity index (χ4v) is 4.68. The summed E-state index contributed by atoms with van der Waals surface area (Å²) in [6, 6.07) is 10.3. The van der Waals surface area contributed by atoms with E-state index in [2.05, 4.69) is 22.0 Å². The number of hydrogen-bond donors (Lipinski definition) is 0. The first kappa shape index (κ1) is 19.8. The standard InChI is InChI=1S/C20H28N4O2S/c1-4-27(25,26)24-12-8-11-23(13-14-24)20-19(16(2)21-17(3)22-20)15-18-9-6-5-7-10-18/h5-7,9-10H,4,8,11-15H2,1-3H3. The molecule has 146 valence electrons. The topological polar surface area (TPSA) is 66.4 Å². The van der Waals surface area contributed by atoms with Gasteiger partial charge >= 0.3 is 0 Å². The van der Waals surface area contributed by atoms with Gasteiger partial charge in [-0.25, -0.2) is 22.7 Å². The minimum atomic E-state index is -3.15. The molecule has 0 amide bonds. The van der Waals surface area contributed by atoms with Crippen molar-refractivity contribution in [2.24, 2.45) is 0 Å². The van der Waals surface area contributed by atoms with Crippen LogP contribution in [0.25, 0.3) is 0 Å². The van der Waals surface area contributed by atoms with Gasteiger partial charge in [0.05, 0.1) is 5.75 Å². The zero-order valence-electron chi connectivity index (χ0n) is 16.4. The molecule has 0 spiro atoms. The molecule has 0 N–H and O–H groups in total. The van der Waals surface area contributed by atoms with Crippen LogP contribution < -0.4 is 4.90 Å². The highest BCUT2D eigenvalue weighted by Crippen LogP contribution is 2.25. The second kappa shape index (κ2) is 8.35. The summed E-state index contributed by atoms with van der Waals surface area (Å²) in [6.07, 6.45) is 1.57. The van der Waals surface area contributed by atoms with Gasteiger partial charge in [0.15, 0.2) is 0 Å². The third-order valence-corrected chi connectivity index (χ3v) is 6.92. The van der Waals surface area contributed by atoms with Crippen LogP contribution in [-0.2, 0) is 16.4 Å². The van der Waals surface area contributed by atoms with Crippen LogP contribution in [0.15, 0.2) is 30.3 Å². The first-order chi connectivity index (χ1) is 12.9. The molecule has 0 bridgehead atoms. The van der Waals surface area contributed by atoms with Gasteiger partial charge in [-0.3, -0.25) is 0 Å². The van der Waals surface area contributed by atoms with E-state index < -0.39 is 10.0 Å². The maximum absolute atomic E-state index is 12.2. The maximum Gasteiger partial charge on any atom is 0.213 e. The zero-order valence-corrected chi connectivity index (χ0v) is 17.2. The van der Waals surface area contributed by atoms with E-state index in [0.29, 0.717) is 19.6 Å². The average molecular weight is 389 g/mol. The van der Waals surface area contributed by atoms with E-state index >= 15 is 0 Å². The molecular formula is C20H28N4O2S. The number of nitrogens with zero attached hydrogens (tertiary/aromatic N) is 4. The smallest absolute Gasteiger partial charge is 0.213 e. The molecule has 7 heteroatoms. The summed E-state index contributed by atoms with van der Waals surface area (Å²) in [5, 5.41) is 0. The minimum absolute atomic E-state index is 0.151. The van der Waals surface area contributed by atoms with Crippen LogP contribution in [-0.4, -0.2) is 54.6 Å². The van der Waals surface area contributed by atoms with Gasteiger partial charge < -0.3 is 4.90 Å². The lowest BCUT2D eigenvalue weighted by Gasteiger charge is -2.26. The first-order valence-electron chi connectivity index (χ1n) is 9.51. The quantitative estimate of drug-likeness (QED) is 0.787. The molecule has 0 unspecified atom stereocenters. The van der Waals surface area contributed by atoms with E-state index in [4.69, 9.17) is 4.98 Å². The summed E-state index contributed by atoms with van der Waals surface area (Å²) in [5.41, 5.74) is 3.33. The molecule has 0 atom stereocenters. The molecule has 1 saturated heterocycles. The van der Waals surface area contributed by atoms with Crippen molar-refractivity contribution in [3.05, 3.63) is 53.0 Å². The van der Waals surface area contributed by atoms with Crippen LogP contribution in [0.1, 0.15) is 36.0 Å². The highest BCUT2D eigenvalue weighted by molar-refractivity contribution is 7.89. The minimum Gasteiger partial charge on any atom is -0.355 e. The predicted molar refractivity (Wildman–Crippen MR) is 109 cm³/mol. The molecule has 1 fully saturated rings. The Morgan fingerprint density at radius 3 is 2.44 bits per heavy atom. The van der Waals surface area contributed by atoms with Crippen LogP contribution in [0.5, 0.6) is 0 Å². The van der Waals surface area contributed by atoms with E-state index in [0.717, 1.165) is 42.3 Å². The first-order valence-corrected chi connectivity index (χ1v) is 11.1. The van der Waals surface area contributed by atoms with Crippen LogP contribution in [0, 0.1) is 13.8 Å². The molecule has 2 aromatic rings. The van der Waals surface area contributed by atoms with Gasteiger partial charge in [0.2, 0.25) is 10.0 Å². The Morgan fingerprint density at radius 1 is 1.00 bits per heavy atom. The van der Waals surface area contributed by atoms with Crippen molar-refractivity contribution in [2.75, 3.05) is 36.8 Å². The number of rotatable bonds is 5. The number of benzene rings is 1. The normalized spacial score (nSPS) is 16.3. The van der Waals surface area contributed by atoms with Gasteiger partial charge in [-0.1, -0.05) is 30.3 Å². The Kier molecular flexibility index (Phi) is 6.11. The Bertz CT molecular complexity index is 884. The molecule has 1 aliphatic heterocycles. The van der Waals surface area contributed by atoms with Gasteiger partial charge in [-0.15, -0.1) is 0 Å². The number of hydrogen-bond acceptors (Lipinski definition) is 5. The third-order valence-electron chi connectivity index (χ3n) is 5.04. The molecule has 2 heterocycles. The van der Waals surface area contributed by atoms with Crippen molar-refractivity contribution in [3.63, 3.8) is 0 Å². The van der Waals surface area contributed by atoms with Crippen LogP contribution in [0.2, 0.25) is 0 Å². The van der Waals surface area contributed by atoms with Gasteiger partial charge in [-0.2, -0.15) is 0 Å². The molecule has 1 aromatic heterocycles. The Balaban J connectivity index is 1.89. The number of aryl methyl sites for hydroxylation is 2. The molecule has 0 radical (unpaired) electrons. The van der Waals surface area contributed by atoms with E-state index in [9.17, 15) is 8.42 Å². The van der Waals surface area contributed by atoms with Crippen molar-refractivity contribution >= 4 is 15.8 Å². The second-order valence-electron chi connectivity index (χ2n) is 6.96. The molecule has 27 heavy (non-hydrogen) atoms. The summed E-state index contributed by atoms with van der Waals surface area (Å²) in [7, 11) is -3.15. The summed E-state index contributed by atoms with van der Waals surface area (Å²) in [6.45, 7) is 8.17. The molecule has 1 aliphatic rings. The fraction of sp³-hybridized carbons (Fsp3) is 0.500. The van der Waals surface area contributed by atoms with E-state index in [-0.39, 0.29) is 5.75 Å². The van der Waals surface area contributed by atoms with Crippen molar-refractivity contribution in [1.29, 1.82) is 0 Å². The lowest BCUT2D eigenvalue weighted by molar-refractivity contribution is 0.434. The SMILES string of the molecule is CCS(=O)(=O)N1CCCN(c2nc(C)nc(C)c2Cc2ccccc2)CC1. The summed E-state index contributed by atoms with van der Waals surface area (Å²) < 4.78 is 26.1. The number of aromatic nitrogens is 2. The molecule has 1 aromatic carbocycles. The maximum atomic E-state index is 12.2. The van der Waals surface area contributed by atoms with Crippen LogP contribution >= 0.6 is 0 Å². The highest BCUT2D eigenvalue weighted by Gasteiger charge is 2.25. The number of anilines is 1. The lowest BCUT2D eigenvalue weighted by Crippen LogP contribution is -2.36. The van der Waals surface area contributed by atoms with E-state index in [1.54, 1.807) is 11.2 Å².